The largest absolute Gasteiger partial charge is 0.484 e. The minimum absolute atomic E-state index is 0.0118. The molecule has 7 nitrogen and oxygen atoms in total. The molecule has 0 aliphatic carbocycles. The van der Waals surface area contributed by atoms with Crippen LogP contribution in [0.3, 0.4) is 0 Å². The van der Waals surface area contributed by atoms with Crippen LogP contribution in [0.1, 0.15) is 5.01 Å². The third-order valence-electron chi connectivity index (χ3n) is 3.60. The van der Waals surface area contributed by atoms with Gasteiger partial charge in [-0.3, -0.25) is 10.1 Å². The Labute approximate surface area is 152 Å². The van der Waals surface area contributed by atoms with Crippen molar-refractivity contribution in [3.63, 3.8) is 0 Å². The number of aromatic nitrogens is 3. The molecule has 0 bridgehead atoms. The van der Waals surface area contributed by atoms with E-state index in [0.29, 0.717) is 11.4 Å². The molecule has 0 unspecified atom stereocenters. The Hall–Kier alpha value is -3.26. The van der Waals surface area contributed by atoms with Gasteiger partial charge in [0.15, 0.2) is 6.61 Å². The van der Waals surface area contributed by atoms with Gasteiger partial charge in [-0.25, -0.2) is 4.98 Å². The molecule has 26 heavy (non-hydrogen) atoms. The van der Waals surface area contributed by atoms with E-state index in [2.05, 4.69) is 20.5 Å². The van der Waals surface area contributed by atoms with E-state index in [1.54, 1.807) is 0 Å². The summed E-state index contributed by atoms with van der Waals surface area (Å²) in [5, 5.41) is 15.1. The summed E-state index contributed by atoms with van der Waals surface area (Å²) in [6.45, 7) is 1.73. The average molecular weight is 366 g/mol. The minimum atomic E-state index is -0.386. The van der Waals surface area contributed by atoms with Crippen molar-refractivity contribution >= 4 is 34.0 Å². The molecule has 0 fully saturated rings. The highest BCUT2D eigenvalue weighted by Crippen LogP contribution is 2.22. The number of fused-ring (bicyclic) bond motifs is 1. The Kier molecular flexibility index (Phi) is 4.32. The molecule has 2 aromatic heterocycles. The van der Waals surface area contributed by atoms with Gasteiger partial charge in [0.05, 0.1) is 5.01 Å². The summed E-state index contributed by atoms with van der Waals surface area (Å²) in [6, 6.07) is 13.6. The van der Waals surface area contributed by atoms with Crippen molar-refractivity contribution in [1.82, 2.24) is 15.2 Å². The molecule has 4 aromatic rings. The van der Waals surface area contributed by atoms with E-state index in [-0.39, 0.29) is 24.4 Å². The van der Waals surface area contributed by atoms with Crippen LogP contribution in [0.5, 0.6) is 5.75 Å². The molecule has 2 aromatic carbocycles. The van der Waals surface area contributed by atoms with Gasteiger partial charge >= 0.3 is 6.01 Å². The first-order valence-corrected chi connectivity index (χ1v) is 8.73. The van der Waals surface area contributed by atoms with Crippen LogP contribution in [-0.4, -0.2) is 27.7 Å². The summed E-state index contributed by atoms with van der Waals surface area (Å²) >= 11 is 1.48. The van der Waals surface area contributed by atoms with Crippen molar-refractivity contribution in [1.29, 1.82) is 0 Å². The summed E-state index contributed by atoms with van der Waals surface area (Å²) in [5.74, 6) is 0.492. The predicted molar refractivity (Wildman–Crippen MR) is 98.2 cm³/mol. The zero-order valence-electron chi connectivity index (χ0n) is 13.8. The van der Waals surface area contributed by atoms with Crippen molar-refractivity contribution in [3.8, 4) is 17.3 Å². The van der Waals surface area contributed by atoms with E-state index < -0.39 is 0 Å². The number of ether oxygens (including phenoxy) is 1. The summed E-state index contributed by atoms with van der Waals surface area (Å²) in [7, 11) is 0. The second-order valence-electron chi connectivity index (χ2n) is 5.51. The maximum atomic E-state index is 12.0. The topological polar surface area (TPSA) is 90.1 Å². The fraction of sp³-hybridized carbons (Fsp3) is 0.111. The SMILES string of the molecule is Cc1nc(-c2nnc(NC(=O)COc3ccc4ccccc4c3)o2)cs1. The van der Waals surface area contributed by atoms with Gasteiger partial charge in [-0.05, 0) is 29.8 Å². The number of benzene rings is 2. The number of rotatable bonds is 5. The number of thiazole rings is 1. The number of anilines is 1. The normalized spacial score (nSPS) is 10.8. The summed E-state index contributed by atoms with van der Waals surface area (Å²) in [6.07, 6.45) is 0. The highest BCUT2D eigenvalue weighted by Gasteiger charge is 2.13. The Bertz CT molecular complexity index is 1070. The Morgan fingerprint density at radius 3 is 2.85 bits per heavy atom. The van der Waals surface area contributed by atoms with Gasteiger partial charge in [0.25, 0.3) is 11.8 Å². The monoisotopic (exact) mass is 366 g/mol. The number of amides is 1. The third kappa shape index (κ3) is 3.55. The summed E-state index contributed by atoms with van der Waals surface area (Å²) in [4.78, 5) is 16.3. The first kappa shape index (κ1) is 16.2. The van der Waals surface area contributed by atoms with Crippen LogP contribution in [0.25, 0.3) is 22.4 Å². The Balaban J connectivity index is 1.37. The highest BCUT2D eigenvalue weighted by molar-refractivity contribution is 7.09. The maximum Gasteiger partial charge on any atom is 0.322 e. The van der Waals surface area contributed by atoms with Crippen molar-refractivity contribution in [2.45, 2.75) is 6.92 Å². The molecule has 2 heterocycles. The lowest BCUT2D eigenvalue weighted by Gasteiger charge is -2.06. The van der Waals surface area contributed by atoms with E-state index in [1.807, 2.05) is 54.8 Å². The zero-order chi connectivity index (χ0) is 17.9. The third-order valence-corrected chi connectivity index (χ3v) is 4.37. The van der Waals surface area contributed by atoms with Crippen molar-refractivity contribution in [2.75, 3.05) is 11.9 Å². The van der Waals surface area contributed by atoms with Gasteiger partial charge in [-0.2, -0.15) is 0 Å². The molecule has 1 amide bonds. The van der Waals surface area contributed by atoms with Crippen LogP contribution in [-0.2, 0) is 4.79 Å². The second-order valence-corrected chi connectivity index (χ2v) is 6.57. The molecule has 0 saturated carbocycles. The number of nitrogens with one attached hydrogen (secondary N) is 1. The number of carbonyl (C=O) groups excluding carboxylic acids is 1. The molecule has 4 rings (SSSR count). The lowest BCUT2D eigenvalue weighted by atomic mass is 10.1. The molecule has 0 saturated heterocycles. The molecular formula is C18H14N4O3S. The van der Waals surface area contributed by atoms with Crippen LogP contribution in [0.2, 0.25) is 0 Å². The minimum Gasteiger partial charge on any atom is -0.484 e. The molecule has 0 radical (unpaired) electrons. The van der Waals surface area contributed by atoms with Gasteiger partial charge in [0.1, 0.15) is 11.4 Å². The van der Waals surface area contributed by atoms with Gasteiger partial charge in [-0.15, -0.1) is 16.4 Å². The van der Waals surface area contributed by atoms with Gasteiger partial charge < -0.3 is 9.15 Å². The quantitative estimate of drug-likeness (QED) is 0.579. The van der Waals surface area contributed by atoms with Crippen LogP contribution >= 0.6 is 11.3 Å². The van der Waals surface area contributed by atoms with Crippen LogP contribution < -0.4 is 10.1 Å². The van der Waals surface area contributed by atoms with E-state index in [4.69, 9.17) is 9.15 Å². The number of hydrogen-bond acceptors (Lipinski definition) is 7. The first-order valence-electron chi connectivity index (χ1n) is 7.85. The van der Waals surface area contributed by atoms with Crippen LogP contribution in [0.4, 0.5) is 6.01 Å². The maximum absolute atomic E-state index is 12.0. The molecule has 0 aliphatic rings. The van der Waals surface area contributed by atoms with E-state index >= 15 is 0 Å². The first-order chi connectivity index (χ1) is 12.7. The fourth-order valence-corrected chi connectivity index (χ4v) is 2.99. The fourth-order valence-electron chi connectivity index (χ4n) is 2.40. The van der Waals surface area contributed by atoms with Gasteiger partial charge in [0, 0.05) is 5.38 Å². The molecule has 8 heteroatoms. The second kappa shape index (κ2) is 6.93. The number of aryl methyl sites for hydroxylation is 1. The zero-order valence-corrected chi connectivity index (χ0v) is 14.6. The average Bonchev–Trinajstić information content (AvgIpc) is 3.28. The lowest BCUT2D eigenvalue weighted by Crippen LogP contribution is -2.20. The molecule has 130 valence electrons. The molecule has 0 atom stereocenters. The highest BCUT2D eigenvalue weighted by atomic mass is 32.1. The number of hydrogen-bond donors (Lipinski definition) is 1. The van der Waals surface area contributed by atoms with Gasteiger partial charge in [-0.1, -0.05) is 35.4 Å². The number of carbonyl (C=O) groups is 1. The van der Waals surface area contributed by atoms with E-state index in [1.165, 1.54) is 11.3 Å². The van der Waals surface area contributed by atoms with Gasteiger partial charge in [0.2, 0.25) is 0 Å². The summed E-state index contributed by atoms with van der Waals surface area (Å²) < 4.78 is 10.9. The molecule has 0 aliphatic heterocycles. The van der Waals surface area contributed by atoms with Crippen molar-refractivity contribution in [3.05, 3.63) is 52.9 Å². The Morgan fingerprint density at radius 2 is 2.04 bits per heavy atom. The Morgan fingerprint density at radius 1 is 1.19 bits per heavy atom. The van der Waals surface area contributed by atoms with E-state index in [9.17, 15) is 4.79 Å². The van der Waals surface area contributed by atoms with Crippen LogP contribution in [0, 0.1) is 6.92 Å². The van der Waals surface area contributed by atoms with E-state index in [0.717, 1.165) is 15.8 Å². The number of nitrogens with zero attached hydrogens (tertiary/aromatic N) is 3. The molecular weight excluding hydrogens is 352 g/mol. The molecule has 0 spiro atoms. The lowest BCUT2D eigenvalue weighted by molar-refractivity contribution is -0.118. The summed E-state index contributed by atoms with van der Waals surface area (Å²) in [5.41, 5.74) is 0.591. The smallest absolute Gasteiger partial charge is 0.322 e. The van der Waals surface area contributed by atoms with Crippen molar-refractivity contribution in [2.24, 2.45) is 0 Å². The van der Waals surface area contributed by atoms with Crippen molar-refractivity contribution < 1.29 is 13.9 Å². The molecule has 1 N–H and O–H groups in total. The van der Waals surface area contributed by atoms with Crippen LogP contribution in [0.15, 0.2) is 52.3 Å². The standard InChI is InChI=1S/C18H14N4O3S/c1-11-19-15(10-26-11)17-21-22-18(25-17)20-16(23)9-24-14-7-6-12-4-2-3-5-13(12)8-14/h2-8,10H,9H2,1H3,(H,20,22,23). The predicted octanol–water partition coefficient (Wildman–Crippen LogP) is 3.67.